The van der Waals surface area contributed by atoms with Crippen LogP contribution in [0.2, 0.25) is 0 Å². The lowest BCUT2D eigenvalue weighted by Crippen LogP contribution is -2.36. The van der Waals surface area contributed by atoms with E-state index in [1.54, 1.807) is 11.0 Å². The maximum Gasteiger partial charge on any atom is 0.305 e. The number of halogens is 1. The Labute approximate surface area is 111 Å². The van der Waals surface area contributed by atoms with Crippen molar-refractivity contribution >= 4 is 17.6 Å². The first-order valence-electron chi connectivity index (χ1n) is 6.27. The van der Waals surface area contributed by atoms with Gasteiger partial charge in [-0.2, -0.15) is 0 Å². The number of hydrogen-bond donors (Lipinski definition) is 0. The second-order valence-corrected chi connectivity index (χ2v) is 4.50. The number of esters is 1. The van der Waals surface area contributed by atoms with E-state index < -0.39 is 0 Å². The van der Waals surface area contributed by atoms with Crippen LogP contribution in [0.1, 0.15) is 24.8 Å². The predicted octanol–water partition coefficient (Wildman–Crippen LogP) is 2.06. The fourth-order valence-corrected chi connectivity index (χ4v) is 2.24. The van der Waals surface area contributed by atoms with Crippen molar-refractivity contribution in [1.29, 1.82) is 0 Å². The van der Waals surface area contributed by atoms with Crippen LogP contribution >= 0.6 is 0 Å². The molecule has 1 amide bonds. The van der Waals surface area contributed by atoms with Gasteiger partial charge in [-0.3, -0.25) is 9.59 Å². The molecule has 1 heterocycles. The minimum Gasteiger partial charge on any atom is -0.469 e. The molecule has 4 nitrogen and oxygen atoms in total. The third kappa shape index (κ3) is 3.10. The molecule has 0 N–H and O–H groups in total. The number of anilines is 1. The standard InChI is InChI=1S/C14H16FNO3/c1-19-14(18)3-2-8-16-12-9-11(15)6-4-10(12)5-7-13(16)17/h4,6,9H,2-3,5,7-8H2,1H3. The molecule has 2 rings (SSSR count). The van der Waals surface area contributed by atoms with Crippen molar-refractivity contribution in [2.45, 2.75) is 25.7 Å². The molecule has 19 heavy (non-hydrogen) atoms. The Kier molecular flexibility index (Phi) is 4.14. The molecule has 0 aromatic heterocycles. The Morgan fingerprint density at radius 1 is 1.42 bits per heavy atom. The van der Waals surface area contributed by atoms with Gasteiger partial charge >= 0.3 is 5.97 Å². The molecule has 102 valence electrons. The molecule has 0 fully saturated rings. The van der Waals surface area contributed by atoms with E-state index in [0.717, 1.165) is 5.56 Å². The van der Waals surface area contributed by atoms with Gasteiger partial charge in [0.2, 0.25) is 5.91 Å². The minimum absolute atomic E-state index is 0.0250. The van der Waals surface area contributed by atoms with Crippen LogP contribution in [-0.2, 0) is 20.7 Å². The van der Waals surface area contributed by atoms with Gasteiger partial charge in [0.25, 0.3) is 0 Å². The van der Waals surface area contributed by atoms with E-state index >= 15 is 0 Å². The molecule has 0 saturated heterocycles. The van der Waals surface area contributed by atoms with Crippen molar-refractivity contribution in [3.05, 3.63) is 29.6 Å². The number of benzene rings is 1. The summed E-state index contributed by atoms with van der Waals surface area (Å²) in [6.07, 6.45) is 1.83. The van der Waals surface area contributed by atoms with Gasteiger partial charge in [0, 0.05) is 25.1 Å². The average molecular weight is 265 g/mol. The summed E-state index contributed by atoms with van der Waals surface area (Å²) in [6.45, 7) is 0.407. The Morgan fingerprint density at radius 2 is 2.21 bits per heavy atom. The maximum absolute atomic E-state index is 13.3. The monoisotopic (exact) mass is 265 g/mol. The first kappa shape index (κ1) is 13.5. The first-order valence-corrected chi connectivity index (χ1v) is 6.27. The molecule has 1 aliphatic heterocycles. The summed E-state index contributed by atoms with van der Waals surface area (Å²) >= 11 is 0. The molecular formula is C14H16FNO3. The Bertz CT molecular complexity index is 501. The van der Waals surface area contributed by atoms with E-state index in [0.29, 0.717) is 31.5 Å². The van der Waals surface area contributed by atoms with Gasteiger partial charge in [-0.15, -0.1) is 0 Å². The van der Waals surface area contributed by atoms with E-state index in [4.69, 9.17) is 0 Å². The van der Waals surface area contributed by atoms with Gasteiger partial charge in [0.05, 0.1) is 7.11 Å². The minimum atomic E-state index is -0.355. The number of carbonyl (C=O) groups is 2. The van der Waals surface area contributed by atoms with Crippen molar-refractivity contribution in [1.82, 2.24) is 0 Å². The quantitative estimate of drug-likeness (QED) is 0.783. The van der Waals surface area contributed by atoms with E-state index in [9.17, 15) is 14.0 Å². The molecule has 0 saturated carbocycles. The van der Waals surface area contributed by atoms with Crippen LogP contribution in [0.5, 0.6) is 0 Å². The largest absolute Gasteiger partial charge is 0.469 e. The summed E-state index contributed by atoms with van der Waals surface area (Å²) < 4.78 is 17.8. The third-order valence-electron chi connectivity index (χ3n) is 3.24. The van der Waals surface area contributed by atoms with E-state index in [2.05, 4.69) is 4.74 Å². The maximum atomic E-state index is 13.3. The SMILES string of the molecule is COC(=O)CCCN1C(=O)CCc2ccc(F)cc21. The van der Waals surface area contributed by atoms with Gasteiger partial charge in [0.15, 0.2) is 0 Å². The van der Waals surface area contributed by atoms with Gasteiger partial charge in [-0.05, 0) is 30.5 Å². The van der Waals surface area contributed by atoms with E-state index in [1.807, 2.05) is 0 Å². The zero-order valence-electron chi connectivity index (χ0n) is 10.8. The number of aryl methyl sites for hydroxylation is 1. The molecule has 0 spiro atoms. The highest BCUT2D eigenvalue weighted by molar-refractivity contribution is 5.96. The summed E-state index contributed by atoms with van der Waals surface area (Å²) in [4.78, 5) is 24.5. The smallest absolute Gasteiger partial charge is 0.305 e. The lowest BCUT2D eigenvalue weighted by molar-refractivity contribution is -0.140. The molecule has 1 aromatic rings. The van der Waals surface area contributed by atoms with Crippen molar-refractivity contribution in [3.8, 4) is 0 Å². The van der Waals surface area contributed by atoms with Crippen LogP contribution in [0, 0.1) is 5.82 Å². The Hall–Kier alpha value is -1.91. The highest BCUT2D eigenvalue weighted by atomic mass is 19.1. The van der Waals surface area contributed by atoms with Crippen LogP contribution in [0.25, 0.3) is 0 Å². The number of fused-ring (bicyclic) bond motifs is 1. The van der Waals surface area contributed by atoms with Gasteiger partial charge < -0.3 is 9.64 Å². The van der Waals surface area contributed by atoms with Crippen LogP contribution in [0.15, 0.2) is 18.2 Å². The molecular weight excluding hydrogens is 249 g/mol. The number of methoxy groups -OCH3 is 1. The molecule has 0 unspecified atom stereocenters. The Balaban J connectivity index is 2.09. The van der Waals surface area contributed by atoms with E-state index in [-0.39, 0.29) is 24.1 Å². The van der Waals surface area contributed by atoms with Crippen LogP contribution < -0.4 is 4.90 Å². The average Bonchev–Trinajstić information content (AvgIpc) is 2.41. The number of rotatable bonds is 4. The zero-order chi connectivity index (χ0) is 13.8. The second kappa shape index (κ2) is 5.82. The fraction of sp³-hybridized carbons (Fsp3) is 0.429. The lowest BCUT2D eigenvalue weighted by atomic mass is 10.0. The molecule has 0 aliphatic carbocycles. The van der Waals surface area contributed by atoms with Crippen molar-refractivity contribution in [2.75, 3.05) is 18.6 Å². The summed E-state index contributed by atoms with van der Waals surface area (Å²) in [5, 5.41) is 0. The van der Waals surface area contributed by atoms with Crippen LogP contribution in [0.4, 0.5) is 10.1 Å². The van der Waals surface area contributed by atoms with Gasteiger partial charge in [0.1, 0.15) is 5.82 Å². The molecule has 0 atom stereocenters. The molecule has 0 radical (unpaired) electrons. The summed E-state index contributed by atoms with van der Waals surface area (Å²) in [6, 6.07) is 4.50. The van der Waals surface area contributed by atoms with Crippen molar-refractivity contribution < 1.29 is 18.7 Å². The zero-order valence-corrected chi connectivity index (χ0v) is 10.8. The Morgan fingerprint density at radius 3 is 2.95 bits per heavy atom. The number of carbonyl (C=O) groups excluding carboxylic acids is 2. The fourth-order valence-electron chi connectivity index (χ4n) is 2.24. The van der Waals surface area contributed by atoms with Crippen LogP contribution in [-0.4, -0.2) is 25.5 Å². The highest BCUT2D eigenvalue weighted by Crippen LogP contribution is 2.28. The summed E-state index contributed by atoms with van der Waals surface area (Å²) in [7, 11) is 1.33. The number of amides is 1. The van der Waals surface area contributed by atoms with Gasteiger partial charge in [-0.25, -0.2) is 4.39 Å². The topological polar surface area (TPSA) is 46.6 Å². The summed E-state index contributed by atoms with van der Waals surface area (Å²) in [5.74, 6) is -0.682. The first-order chi connectivity index (χ1) is 9.11. The van der Waals surface area contributed by atoms with Crippen LogP contribution in [0.3, 0.4) is 0 Å². The number of ether oxygens (including phenoxy) is 1. The summed E-state index contributed by atoms with van der Waals surface area (Å²) in [5.41, 5.74) is 1.60. The molecule has 0 bridgehead atoms. The van der Waals surface area contributed by atoms with E-state index in [1.165, 1.54) is 19.2 Å². The number of nitrogens with zero attached hydrogens (tertiary/aromatic N) is 1. The molecule has 1 aliphatic rings. The van der Waals surface area contributed by atoms with Gasteiger partial charge in [-0.1, -0.05) is 6.07 Å². The normalized spacial score (nSPS) is 14.2. The lowest BCUT2D eigenvalue weighted by Gasteiger charge is -2.29. The second-order valence-electron chi connectivity index (χ2n) is 4.50. The number of hydrogen-bond acceptors (Lipinski definition) is 3. The molecule has 1 aromatic carbocycles. The predicted molar refractivity (Wildman–Crippen MR) is 68.3 cm³/mol. The van der Waals surface area contributed by atoms with Crippen molar-refractivity contribution in [2.24, 2.45) is 0 Å². The van der Waals surface area contributed by atoms with Crippen molar-refractivity contribution in [3.63, 3.8) is 0 Å². The molecule has 5 heteroatoms. The highest BCUT2D eigenvalue weighted by Gasteiger charge is 2.24. The third-order valence-corrected chi connectivity index (χ3v) is 3.24.